The maximum absolute atomic E-state index is 12.4. The average Bonchev–Trinajstić information content (AvgIpc) is 3.14. The van der Waals surface area contributed by atoms with E-state index in [2.05, 4.69) is 34.8 Å². The van der Waals surface area contributed by atoms with Crippen molar-refractivity contribution < 1.29 is 5.11 Å². The fourth-order valence-corrected chi connectivity index (χ4v) is 4.69. The number of phenolic OH excluding ortho intramolecular Hbond substituents is 1. The first-order valence-electron chi connectivity index (χ1n) is 8.59. The van der Waals surface area contributed by atoms with Gasteiger partial charge < -0.3 is 15.8 Å². The van der Waals surface area contributed by atoms with Gasteiger partial charge in [0.15, 0.2) is 0 Å². The number of nitrogens with one attached hydrogen (secondary N) is 1. The number of halogens is 1. The Morgan fingerprint density at radius 1 is 1.22 bits per heavy atom. The maximum atomic E-state index is 12.4. The summed E-state index contributed by atoms with van der Waals surface area (Å²) in [5.41, 5.74) is 9.08. The Morgan fingerprint density at radius 3 is 2.59 bits per heavy atom. The minimum atomic E-state index is -0.120. The monoisotopic (exact) mass is 442 g/mol. The van der Waals surface area contributed by atoms with E-state index >= 15 is 0 Å². The molecule has 0 atom stereocenters. The summed E-state index contributed by atoms with van der Waals surface area (Å²) in [6, 6.07) is 11.7. The third-order valence-electron chi connectivity index (χ3n) is 5.10. The van der Waals surface area contributed by atoms with Crippen molar-refractivity contribution in [2.24, 2.45) is 5.73 Å². The van der Waals surface area contributed by atoms with Crippen LogP contribution in [0.25, 0.3) is 32.1 Å². The third kappa shape index (κ3) is 2.88. The lowest BCUT2D eigenvalue weighted by Crippen LogP contribution is -2.27. The van der Waals surface area contributed by atoms with E-state index in [1.165, 1.54) is 11.3 Å². The van der Waals surface area contributed by atoms with Gasteiger partial charge in [0.1, 0.15) is 10.4 Å². The van der Waals surface area contributed by atoms with Gasteiger partial charge in [0.25, 0.3) is 5.56 Å². The molecule has 0 radical (unpaired) electrons. The number of rotatable bonds is 3. The molecule has 4 aromatic rings. The highest BCUT2D eigenvalue weighted by Crippen LogP contribution is 2.43. The standard InChI is InChI=1S/C21H19BrN2O2S/c1-21(2,10-23)12-5-3-11(4-6-12)16-15(25)9-14(22)18-17(16)13-7-8-27-19(13)20(26)24-18/h3-9,25H,10,23H2,1-2H3,(H,24,26). The van der Waals surface area contributed by atoms with E-state index < -0.39 is 0 Å². The predicted molar refractivity (Wildman–Crippen MR) is 117 cm³/mol. The van der Waals surface area contributed by atoms with Crippen molar-refractivity contribution in [3.05, 3.63) is 62.2 Å². The molecule has 0 aliphatic rings. The summed E-state index contributed by atoms with van der Waals surface area (Å²) < 4.78 is 1.31. The van der Waals surface area contributed by atoms with Crippen molar-refractivity contribution in [2.75, 3.05) is 6.54 Å². The second-order valence-corrected chi connectivity index (χ2v) is 9.06. The Bertz CT molecular complexity index is 1220. The zero-order chi connectivity index (χ0) is 19.3. The van der Waals surface area contributed by atoms with Crippen molar-refractivity contribution in [1.82, 2.24) is 4.98 Å². The molecule has 4 N–H and O–H groups in total. The SMILES string of the molecule is CC(C)(CN)c1ccc(-c2c(O)cc(Br)c3[nH]c(=O)c4sccc4c23)cc1. The van der Waals surface area contributed by atoms with Crippen LogP contribution in [0.15, 0.2) is 51.0 Å². The highest BCUT2D eigenvalue weighted by molar-refractivity contribution is 9.10. The quantitative estimate of drug-likeness (QED) is 0.412. The van der Waals surface area contributed by atoms with Gasteiger partial charge in [0.2, 0.25) is 0 Å². The Balaban J connectivity index is 2.05. The molecule has 0 aliphatic carbocycles. The van der Waals surface area contributed by atoms with Crippen LogP contribution in [0.2, 0.25) is 0 Å². The van der Waals surface area contributed by atoms with Crippen LogP contribution in [-0.2, 0) is 5.41 Å². The second-order valence-electron chi connectivity index (χ2n) is 7.29. The topological polar surface area (TPSA) is 79.1 Å². The lowest BCUT2D eigenvalue weighted by molar-refractivity contribution is 0.477. The van der Waals surface area contributed by atoms with Gasteiger partial charge in [-0.1, -0.05) is 38.1 Å². The number of pyridine rings is 1. The molecular formula is C21H19BrN2O2S. The van der Waals surface area contributed by atoms with Crippen LogP contribution in [-0.4, -0.2) is 16.6 Å². The van der Waals surface area contributed by atoms with Crippen LogP contribution in [0.4, 0.5) is 0 Å². The van der Waals surface area contributed by atoms with E-state index in [0.717, 1.165) is 21.9 Å². The minimum Gasteiger partial charge on any atom is -0.507 e. The number of benzene rings is 2. The smallest absolute Gasteiger partial charge is 0.266 e. The molecule has 0 amide bonds. The number of hydrogen-bond acceptors (Lipinski definition) is 4. The first-order valence-corrected chi connectivity index (χ1v) is 10.3. The van der Waals surface area contributed by atoms with E-state index in [9.17, 15) is 9.90 Å². The molecule has 0 spiro atoms. The summed E-state index contributed by atoms with van der Waals surface area (Å²) in [7, 11) is 0. The van der Waals surface area contributed by atoms with Crippen molar-refractivity contribution in [2.45, 2.75) is 19.3 Å². The van der Waals surface area contributed by atoms with Crippen LogP contribution in [0.1, 0.15) is 19.4 Å². The molecule has 0 saturated carbocycles. The molecule has 6 heteroatoms. The van der Waals surface area contributed by atoms with Crippen molar-refractivity contribution >= 4 is 48.3 Å². The Hall–Kier alpha value is -2.15. The summed E-state index contributed by atoms with van der Waals surface area (Å²) >= 11 is 4.87. The molecule has 2 aromatic carbocycles. The number of thiophene rings is 1. The van der Waals surface area contributed by atoms with Gasteiger partial charge in [-0.15, -0.1) is 11.3 Å². The molecule has 4 rings (SSSR count). The van der Waals surface area contributed by atoms with Gasteiger partial charge in [-0.25, -0.2) is 0 Å². The molecule has 138 valence electrons. The lowest BCUT2D eigenvalue weighted by atomic mass is 9.84. The van der Waals surface area contributed by atoms with Crippen molar-refractivity contribution in [3.63, 3.8) is 0 Å². The number of H-pyrrole nitrogens is 1. The molecule has 2 aromatic heterocycles. The highest BCUT2D eigenvalue weighted by Gasteiger charge is 2.20. The summed E-state index contributed by atoms with van der Waals surface area (Å²) in [5.74, 6) is 0.166. The van der Waals surface area contributed by atoms with Gasteiger partial charge in [-0.3, -0.25) is 4.79 Å². The van der Waals surface area contributed by atoms with Gasteiger partial charge in [0.05, 0.1) is 5.52 Å². The summed E-state index contributed by atoms with van der Waals surface area (Å²) in [6.07, 6.45) is 0. The number of phenols is 1. The zero-order valence-electron chi connectivity index (χ0n) is 15.0. The average molecular weight is 443 g/mol. The molecule has 0 fully saturated rings. The van der Waals surface area contributed by atoms with Crippen LogP contribution in [0, 0.1) is 0 Å². The van der Waals surface area contributed by atoms with E-state index in [1.807, 2.05) is 35.7 Å². The van der Waals surface area contributed by atoms with E-state index in [4.69, 9.17) is 5.73 Å². The molecule has 0 aliphatic heterocycles. The van der Waals surface area contributed by atoms with Gasteiger partial charge in [-0.05, 0) is 44.6 Å². The first-order chi connectivity index (χ1) is 12.8. The molecule has 2 heterocycles. The minimum absolute atomic E-state index is 0.117. The van der Waals surface area contributed by atoms with Gasteiger partial charge >= 0.3 is 0 Å². The third-order valence-corrected chi connectivity index (χ3v) is 6.64. The lowest BCUT2D eigenvalue weighted by Gasteiger charge is -2.23. The number of nitrogens with two attached hydrogens (primary N) is 1. The fraction of sp³-hybridized carbons (Fsp3) is 0.190. The zero-order valence-corrected chi connectivity index (χ0v) is 17.4. The largest absolute Gasteiger partial charge is 0.507 e. The fourth-order valence-electron chi connectivity index (χ4n) is 3.38. The number of hydrogen-bond donors (Lipinski definition) is 3. The molecular weight excluding hydrogens is 424 g/mol. The first kappa shape index (κ1) is 18.2. The second kappa shape index (κ2) is 6.48. The van der Waals surface area contributed by atoms with Crippen LogP contribution in [0.3, 0.4) is 0 Å². The van der Waals surface area contributed by atoms with Crippen molar-refractivity contribution in [1.29, 1.82) is 0 Å². The Labute approximate surface area is 168 Å². The number of aromatic hydroxyl groups is 1. The Morgan fingerprint density at radius 2 is 1.93 bits per heavy atom. The molecule has 0 saturated heterocycles. The van der Waals surface area contributed by atoms with E-state index in [0.29, 0.717) is 26.8 Å². The van der Waals surface area contributed by atoms with E-state index in [-0.39, 0.29) is 16.7 Å². The van der Waals surface area contributed by atoms with E-state index in [1.54, 1.807) is 6.07 Å². The van der Waals surface area contributed by atoms with Crippen LogP contribution in [0.5, 0.6) is 5.75 Å². The summed E-state index contributed by atoms with van der Waals surface area (Å²) in [6.45, 7) is 4.76. The molecule has 27 heavy (non-hydrogen) atoms. The van der Waals surface area contributed by atoms with Gasteiger partial charge in [0, 0.05) is 32.8 Å². The normalized spacial score (nSPS) is 12.1. The summed E-state index contributed by atoms with van der Waals surface area (Å²) in [4.78, 5) is 15.3. The predicted octanol–water partition coefficient (Wildman–Crippen LogP) is 5.11. The highest BCUT2D eigenvalue weighted by atomic mass is 79.9. The number of fused-ring (bicyclic) bond motifs is 3. The number of aromatic nitrogens is 1. The molecule has 0 unspecified atom stereocenters. The van der Waals surface area contributed by atoms with Gasteiger partial charge in [-0.2, -0.15) is 0 Å². The molecule has 0 bridgehead atoms. The maximum Gasteiger partial charge on any atom is 0.266 e. The van der Waals surface area contributed by atoms with Crippen molar-refractivity contribution in [3.8, 4) is 16.9 Å². The summed E-state index contributed by atoms with van der Waals surface area (Å²) in [5, 5.41) is 14.3. The Kier molecular flexibility index (Phi) is 4.37. The van der Waals surface area contributed by atoms with Crippen LogP contribution >= 0.6 is 27.3 Å². The number of aromatic amines is 1. The van der Waals surface area contributed by atoms with Crippen LogP contribution < -0.4 is 11.3 Å². The molecule has 4 nitrogen and oxygen atoms in total.